The maximum absolute atomic E-state index is 6.39. The van der Waals surface area contributed by atoms with Crippen LogP contribution in [0.25, 0.3) is 0 Å². The Labute approximate surface area is 115 Å². The molecule has 0 bridgehead atoms. The Morgan fingerprint density at radius 3 is 2.84 bits per heavy atom. The van der Waals surface area contributed by atoms with Gasteiger partial charge in [0.2, 0.25) is 0 Å². The molecule has 1 aliphatic rings. The van der Waals surface area contributed by atoms with Gasteiger partial charge in [0.1, 0.15) is 5.75 Å². The van der Waals surface area contributed by atoms with E-state index in [1.807, 2.05) is 6.07 Å². The monoisotopic (exact) mass is 264 g/mol. The lowest BCUT2D eigenvalue weighted by Gasteiger charge is -2.27. The van der Waals surface area contributed by atoms with Crippen molar-refractivity contribution >= 4 is 0 Å². The van der Waals surface area contributed by atoms with Crippen LogP contribution in [0.1, 0.15) is 23.6 Å². The van der Waals surface area contributed by atoms with Gasteiger partial charge in [0.25, 0.3) is 0 Å². The van der Waals surface area contributed by atoms with Crippen LogP contribution in [0.3, 0.4) is 0 Å². The maximum atomic E-state index is 6.39. The lowest BCUT2D eigenvalue weighted by molar-refractivity contribution is 0.160. The van der Waals surface area contributed by atoms with E-state index < -0.39 is 0 Å². The first kappa shape index (κ1) is 14.3. The van der Waals surface area contributed by atoms with Crippen LogP contribution in [0.2, 0.25) is 0 Å². The highest BCUT2D eigenvalue weighted by atomic mass is 16.5. The molecule has 1 aromatic carbocycles. The number of likely N-dealkylation sites (N-methyl/N-ethyl adjacent to an activating group) is 1. The molecule has 0 aromatic heterocycles. The predicted octanol–water partition coefficient (Wildman–Crippen LogP) is 1.59. The van der Waals surface area contributed by atoms with Gasteiger partial charge in [0.15, 0.2) is 0 Å². The molecule has 2 atom stereocenters. The molecule has 0 radical (unpaired) electrons. The van der Waals surface area contributed by atoms with Gasteiger partial charge in [-0.25, -0.2) is 0 Å². The molecule has 0 saturated heterocycles. The van der Waals surface area contributed by atoms with Crippen molar-refractivity contribution in [2.24, 2.45) is 5.73 Å². The van der Waals surface area contributed by atoms with Crippen LogP contribution in [0.15, 0.2) is 18.2 Å². The number of hydrogen-bond donors (Lipinski definition) is 1. The third-order valence-electron chi connectivity index (χ3n) is 3.98. The molecule has 4 nitrogen and oxygen atoms in total. The fraction of sp³-hybridized carbons (Fsp3) is 0.600. The van der Waals surface area contributed by atoms with E-state index in [-0.39, 0.29) is 6.04 Å². The second-order valence-corrected chi connectivity index (χ2v) is 5.19. The van der Waals surface area contributed by atoms with Gasteiger partial charge in [-0.15, -0.1) is 0 Å². The quantitative estimate of drug-likeness (QED) is 0.793. The zero-order valence-electron chi connectivity index (χ0n) is 12.1. The molecule has 0 heterocycles. The number of nitrogens with zero attached hydrogens (tertiary/aromatic N) is 1. The highest BCUT2D eigenvalue weighted by molar-refractivity contribution is 5.42. The summed E-state index contributed by atoms with van der Waals surface area (Å²) in [7, 11) is 5.57. The average Bonchev–Trinajstić information content (AvgIpc) is 2.76. The predicted molar refractivity (Wildman–Crippen MR) is 76.5 cm³/mol. The maximum Gasteiger partial charge on any atom is 0.119 e. The Morgan fingerprint density at radius 2 is 2.16 bits per heavy atom. The highest BCUT2D eigenvalue weighted by Gasteiger charge is 2.32. The largest absolute Gasteiger partial charge is 0.497 e. The summed E-state index contributed by atoms with van der Waals surface area (Å²) in [6.07, 6.45) is 2.06. The fourth-order valence-electron chi connectivity index (χ4n) is 2.81. The Balaban J connectivity index is 2.03. The van der Waals surface area contributed by atoms with E-state index in [0.717, 1.165) is 31.7 Å². The first-order chi connectivity index (χ1) is 9.17. The number of hydrogen-bond acceptors (Lipinski definition) is 4. The molecule has 2 rings (SSSR count). The van der Waals surface area contributed by atoms with Gasteiger partial charge in [-0.05, 0) is 43.1 Å². The lowest BCUT2D eigenvalue weighted by atomic mass is 10.1. The van der Waals surface area contributed by atoms with Crippen molar-refractivity contribution in [1.29, 1.82) is 0 Å². The number of nitrogens with two attached hydrogens (primary N) is 1. The van der Waals surface area contributed by atoms with Gasteiger partial charge in [-0.2, -0.15) is 0 Å². The number of methoxy groups -OCH3 is 2. The lowest BCUT2D eigenvalue weighted by Crippen LogP contribution is -2.39. The van der Waals surface area contributed by atoms with Gasteiger partial charge < -0.3 is 20.1 Å². The number of fused-ring (bicyclic) bond motifs is 1. The molecule has 0 amide bonds. The molecule has 2 unspecified atom stereocenters. The zero-order chi connectivity index (χ0) is 13.8. The van der Waals surface area contributed by atoms with Crippen LogP contribution >= 0.6 is 0 Å². The first-order valence-electron chi connectivity index (χ1n) is 6.79. The third-order valence-corrected chi connectivity index (χ3v) is 3.98. The Morgan fingerprint density at radius 1 is 1.37 bits per heavy atom. The smallest absolute Gasteiger partial charge is 0.119 e. The summed E-state index contributed by atoms with van der Waals surface area (Å²) in [5, 5.41) is 0. The molecule has 2 N–H and O–H groups in total. The molecule has 106 valence electrons. The van der Waals surface area contributed by atoms with E-state index in [4.69, 9.17) is 15.2 Å². The van der Waals surface area contributed by atoms with E-state index in [9.17, 15) is 0 Å². The van der Waals surface area contributed by atoms with Crippen LogP contribution < -0.4 is 10.5 Å². The standard InChI is InChI=1S/C15H24N2O2/c1-17(7-4-8-18-2)14-9-11-5-6-12(19-3)10-13(11)15(14)16/h5-6,10,14-15H,4,7-9,16H2,1-3H3. The number of ether oxygens (including phenoxy) is 2. The van der Waals surface area contributed by atoms with Gasteiger partial charge in [-0.1, -0.05) is 6.07 Å². The fourth-order valence-corrected chi connectivity index (χ4v) is 2.81. The minimum atomic E-state index is 0.0673. The van der Waals surface area contributed by atoms with Crippen molar-refractivity contribution in [1.82, 2.24) is 4.90 Å². The molecule has 0 spiro atoms. The van der Waals surface area contributed by atoms with E-state index in [1.165, 1.54) is 11.1 Å². The van der Waals surface area contributed by atoms with Crippen LogP contribution in [0.4, 0.5) is 0 Å². The Hall–Kier alpha value is -1.10. The van der Waals surface area contributed by atoms with Crippen LogP contribution in [-0.4, -0.2) is 45.4 Å². The van der Waals surface area contributed by atoms with Gasteiger partial charge in [-0.3, -0.25) is 0 Å². The minimum absolute atomic E-state index is 0.0673. The summed E-state index contributed by atoms with van der Waals surface area (Å²) in [6.45, 7) is 1.81. The first-order valence-corrected chi connectivity index (χ1v) is 6.79. The molecule has 0 aliphatic heterocycles. The number of benzene rings is 1. The summed E-state index contributed by atoms with van der Waals surface area (Å²) in [5.41, 5.74) is 8.96. The number of rotatable bonds is 6. The van der Waals surface area contributed by atoms with E-state index in [0.29, 0.717) is 6.04 Å². The van der Waals surface area contributed by atoms with Gasteiger partial charge in [0.05, 0.1) is 7.11 Å². The zero-order valence-corrected chi connectivity index (χ0v) is 12.1. The van der Waals surface area contributed by atoms with Crippen molar-refractivity contribution in [2.75, 3.05) is 34.4 Å². The SMILES string of the molecule is COCCCN(C)C1Cc2ccc(OC)cc2C1N. The summed E-state index contributed by atoms with van der Waals surface area (Å²) in [5.74, 6) is 0.886. The summed E-state index contributed by atoms with van der Waals surface area (Å²) >= 11 is 0. The summed E-state index contributed by atoms with van der Waals surface area (Å²) in [4.78, 5) is 2.34. The van der Waals surface area contributed by atoms with Crippen LogP contribution in [-0.2, 0) is 11.2 Å². The van der Waals surface area contributed by atoms with Crippen molar-refractivity contribution in [3.05, 3.63) is 29.3 Å². The van der Waals surface area contributed by atoms with Gasteiger partial charge >= 0.3 is 0 Å². The molecule has 0 saturated carbocycles. The van der Waals surface area contributed by atoms with Crippen molar-refractivity contribution in [3.8, 4) is 5.75 Å². The van der Waals surface area contributed by atoms with Crippen molar-refractivity contribution in [3.63, 3.8) is 0 Å². The van der Waals surface area contributed by atoms with Crippen LogP contribution in [0, 0.1) is 0 Å². The molecule has 1 aliphatic carbocycles. The highest BCUT2D eigenvalue weighted by Crippen LogP contribution is 2.34. The molecule has 19 heavy (non-hydrogen) atoms. The normalized spacial score (nSPS) is 21.7. The second-order valence-electron chi connectivity index (χ2n) is 5.19. The van der Waals surface area contributed by atoms with Gasteiger partial charge in [0, 0.05) is 32.3 Å². The Bertz CT molecular complexity index is 423. The molecular weight excluding hydrogens is 240 g/mol. The molecule has 4 heteroatoms. The Kier molecular flexibility index (Phi) is 4.80. The minimum Gasteiger partial charge on any atom is -0.497 e. The van der Waals surface area contributed by atoms with E-state index in [1.54, 1.807) is 14.2 Å². The summed E-state index contributed by atoms with van der Waals surface area (Å²) in [6, 6.07) is 6.66. The van der Waals surface area contributed by atoms with Crippen molar-refractivity contribution in [2.45, 2.75) is 24.9 Å². The topological polar surface area (TPSA) is 47.7 Å². The average molecular weight is 264 g/mol. The van der Waals surface area contributed by atoms with E-state index in [2.05, 4.69) is 24.1 Å². The van der Waals surface area contributed by atoms with Crippen LogP contribution in [0.5, 0.6) is 5.75 Å². The summed E-state index contributed by atoms with van der Waals surface area (Å²) < 4.78 is 10.4. The molecule has 0 fully saturated rings. The van der Waals surface area contributed by atoms with E-state index >= 15 is 0 Å². The molecular formula is C15H24N2O2. The third kappa shape index (κ3) is 3.08. The van der Waals surface area contributed by atoms with Crippen molar-refractivity contribution < 1.29 is 9.47 Å². The molecule has 1 aromatic rings. The second kappa shape index (κ2) is 6.37.